The van der Waals surface area contributed by atoms with Crippen molar-refractivity contribution in [1.82, 2.24) is 25.9 Å². The fraction of sp³-hybridized carbons (Fsp3) is 0.500. The zero-order chi connectivity index (χ0) is 27.5. The Morgan fingerprint density at radius 2 is 1.59 bits per heavy atom. The molecule has 3 amide bonds. The lowest BCUT2D eigenvalue weighted by molar-refractivity contribution is -0.143. The topological polar surface area (TPSA) is 179 Å². The summed E-state index contributed by atoms with van der Waals surface area (Å²) in [5.74, 6) is -3.50. The number of hydrogen-bond donors (Lipinski definition) is 6. The molecule has 0 saturated carbocycles. The predicted molar refractivity (Wildman–Crippen MR) is 138 cm³/mol. The molecule has 37 heavy (non-hydrogen) atoms. The molecule has 2 aromatic rings. The normalized spacial score (nSPS) is 15.2. The fourth-order valence-corrected chi connectivity index (χ4v) is 3.78. The molecule has 2 rings (SSSR count). The van der Waals surface area contributed by atoms with Gasteiger partial charge in [0.1, 0.15) is 18.1 Å². The lowest BCUT2D eigenvalue weighted by Gasteiger charge is -2.28. The van der Waals surface area contributed by atoms with Crippen LogP contribution in [0.15, 0.2) is 42.9 Å². The smallest absolute Gasteiger partial charge is 0.326 e. The number of carbonyl (C=O) groups is 4. The highest BCUT2D eigenvalue weighted by molar-refractivity contribution is 5.94. The summed E-state index contributed by atoms with van der Waals surface area (Å²) in [6.45, 7) is 7.05. The number of nitrogens with one attached hydrogen (secondary N) is 4. The molecule has 1 heterocycles. The van der Waals surface area contributed by atoms with Gasteiger partial charge in [0.2, 0.25) is 17.7 Å². The van der Waals surface area contributed by atoms with E-state index in [0.717, 1.165) is 5.56 Å². The zero-order valence-electron chi connectivity index (χ0n) is 21.7. The van der Waals surface area contributed by atoms with Crippen molar-refractivity contribution in [2.24, 2.45) is 17.6 Å². The van der Waals surface area contributed by atoms with Crippen LogP contribution in [0.4, 0.5) is 0 Å². The molecule has 11 nitrogen and oxygen atoms in total. The summed E-state index contributed by atoms with van der Waals surface area (Å²) in [4.78, 5) is 57.8. The van der Waals surface area contributed by atoms with Crippen LogP contribution in [-0.4, -0.2) is 62.9 Å². The van der Waals surface area contributed by atoms with Gasteiger partial charge in [-0.2, -0.15) is 0 Å². The number of carbonyl (C=O) groups excluding carboxylic acids is 3. The molecule has 5 unspecified atom stereocenters. The highest BCUT2D eigenvalue weighted by Crippen LogP contribution is 2.11. The number of aromatic amines is 1. The van der Waals surface area contributed by atoms with Crippen molar-refractivity contribution in [1.29, 1.82) is 0 Å². The monoisotopic (exact) mass is 514 g/mol. The first kappa shape index (κ1) is 29.5. The quantitative estimate of drug-likeness (QED) is 0.215. The number of nitrogens with two attached hydrogens (primary N) is 1. The molecule has 202 valence electrons. The van der Waals surface area contributed by atoms with Gasteiger partial charge in [-0.1, -0.05) is 64.4 Å². The van der Waals surface area contributed by atoms with Crippen LogP contribution in [0.5, 0.6) is 0 Å². The number of nitrogens with zero attached hydrogens (tertiary/aromatic N) is 1. The summed E-state index contributed by atoms with van der Waals surface area (Å²) in [5, 5.41) is 17.4. The first-order valence-corrected chi connectivity index (χ1v) is 12.4. The Labute approximate surface area is 217 Å². The molecule has 0 radical (unpaired) electrons. The molecule has 0 bridgehead atoms. The second-order valence-electron chi connectivity index (χ2n) is 9.58. The number of amides is 3. The Morgan fingerprint density at radius 1 is 0.946 bits per heavy atom. The molecule has 0 aliphatic carbocycles. The second-order valence-corrected chi connectivity index (χ2v) is 9.58. The van der Waals surface area contributed by atoms with E-state index in [-0.39, 0.29) is 18.3 Å². The summed E-state index contributed by atoms with van der Waals surface area (Å²) in [5.41, 5.74) is 7.58. The van der Waals surface area contributed by atoms with Crippen LogP contribution in [0.1, 0.15) is 45.4 Å². The maximum Gasteiger partial charge on any atom is 0.326 e. The van der Waals surface area contributed by atoms with Gasteiger partial charge in [-0.3, -0.25) is 14.4 Å². The minimum Gasteiger partial charge on any atom is -0.480 e. The van der Waals surface area contributed by atoms with Crippen molar-refractivity contribution in [3.05, 3.63) is 54.1 Å². The maximum absolute atomic E-state index is 13.4. The van der Waals surface area contributed by atoms with Crippen LogP contribution in [0, 0.1) is 11.8 Å². The third kappa shape index (κ3) is 9.02. The van der Waals surface area contributed by atoms with Gasteiger partial charge in [-0.05, 0) is 23.8 Å². The molecule has 1 aromatic carbocycles. The zero-order valence-corrected chi connectivity index (χ0v) is 21.7. The van der Waals surface area contributed by atoms with Crippen LogP contribution < -0.4 is 21.7 Å². The van der Waals surface area contributed by atoms with Crippen LogP contribution in [0.25, 0.3) is 0 Å². The molecule has 0 saturated heterocycles. The van der Waals surface area contributed by atoms with E-state index in [1.807, 2.05) is 44.2 Å². The molecule has 11 heteroatoms. The van der Waals surface area contributed by atoms with Crippen molar-refractivity contribution < 1.29 is 24.3 Å². The van der Waals surface area contributed by atoms with Crippen molar-refractivity contribution in [3.8, 4) is 0 Å². The standard InChI is InChI=1S/C26H38N6O5/c1-5-16(4)22(32-23(33)19(27)11-17-9-7-6-8-10-17)25(35)30-20(12-18-13-28-14-29-18)24(34)31-21(15(2)3)26(36)37/h6-10,13-16,19-22H,5,11-12,27H2,1-4H3,(H,28,29)(H,30,35)(H,31,34)(H,32,33)(H,36,37). The SMILES string of the molecule is CCC(C)C(NC(=O)C(N)Cc1ccccc1)C(=O)NC(Cc1cnc[nH]1)C(=O)NC(C(=O)O)C(C)C. The number of aliphatic carboxylic acids is 1. The molecular weight excluding hydrogens is 476 g/mol. The van der Waals surface area contributed by atoms with Crippen LogP contribution in [0.2, 0.25) is 0 Å². The largest absolute Gasteiger partial charge is 0.480 e. The van der Waals surface area contributed by atoms with Crippen molar-refractivity contribution >= 4 is 23.7 Å². The van der Waals surface area contributed by atoms with Gasteiger partial charge >= 0.3 is 5.97 Å². The first-order valence-electron chi connectivity index (χ1n) is 12.4. The summed E-state index contributed by atoms with van der Waals surface area (Å²) < 4.78 is 0. The Hall–Kier alpha value is -3.73. The number of imidazole rings is 1. The summed E-state index contributed by atoms with van der Waals surface area (Å²) in [6, 6.07) is 5.27. The van der Waals surface area contributed by atoms with Crippen LogP contribution in [-0.2, 0) is 32.0 Å². The van der Waals surface area contributed by atoms with Gasteiger partial charge in [-0.15, -0.1) is 0 Å². The van der Waals surface area contributed by atoms with Crippen LogP contribution in [0.3, 0.4) is 0 Å². The molecule has 7 N–H and O–H groups in total. The average molecular weight is 515 g/mol. The van der Waals surface area contributed by atoms with Crippen LogP contribution >= 0.6 is 0 Å². The van der Waals surface area contributed by atoms with Crippen molar-refractivity contribution in [3.63, 3.8) is 0 Å². The molecule has 0 fully saturated rings. The molecule has 5 atom stereocenters. The lowest BCUT2D eigenvalue weighted by atomic mass is 9.96. The van der Waals surface area contributed by atoms with Gasteiger partial charge in [0, 0.05) is 18.3 Å². The molecule has 0 spiro atoms. The van der Waals surface area contributed by atoms with Gasteiger partial charge in [0.15, 0.2) is 0 Å². The highest BCUT2D eigenvalue weighted by Gasteiger charge is 2.33. The first-order chi connectivity index (χ1) is 17.5. The summed E-state index contributed by atoms with van der Waals surface area (Å²) >= 11 is 0. The Morgan fingerprint density at radius 3 is 2.14 bits per heavy atom. The Kier molecular flexibility index (Phi) is 11.3. The lowest BCUT2D eigenvalue weighted by Crippen LogP contribution is -2.59. The Balaban J connectivity index is 2.18. The van der Waals surface area contributed by atoms with Gasteiger partial charge in [0.05, 0.1) is 12.4 Å². The van der Waals surface area contributed by atoms with E-state index in [9.17, 15) is 24.3 Å². The molecule has 0 aliphatic heterocycles. The number of hydrogen-bond acceptors (Lipinski definition) is 6. The molecule has 0 aliphatic rings. The maximum atomic E-state index is 13.4. The van der Waals surface area contributed by atoms with E-state index >= 15 is 0 Å². The van der Waals surface area contributed by atoms with E-state index in [0.29, 0.717) is 18.5 Å². The minimum atomic E-state index is -1.17. The number of rotatable bonds is 14. The van der Waals surface area contributed by atoms with Gasteiger partial charge < -0.3 is 31.8 Å². The summed E-state index contributed by atoms with van der Waals surface area (Å²) in [7, 11) is 0. The van der Waals surface area contributed by atoms with E-state index in [1.54, 1.807) is 13.8 Å². The number of H-pyrrole nitrogens is 1. The third-order valence-corrected chi connectivity index (χ3v) is 6.27. The third-order valence-electron chi connectivity index (χ3n) is 6.27. The Bertz CT molecular complexity index is 1030. The van der Waals surface area contributed by atoms with E-state index < -0.39 is 47.9 Å². The second kappa shape index (κ2) is 14.1. The van der Waals surface area contributed by atoms with Gasteiger partial charge in [0.25, 0.3) is 0 Å². The predicted octanol–water partition coefficient (Wildman–Crippen LogP) is 0.763. The number of carboxylic acids is 1. The minimum absolute atomic E-state index is 0.0523. The fourth-order valence-electron chi connectivity index (χ4n) is 3.78. The van der Waals surface area contributed by atoms with Crippen molar-refractivity contribution in [2.45, 2.75) is 71.1 Å². The highest BCUT2D eigenvalue weighted by atomic mass is 16.4. The van der Waals surface area contributed by atoms with Gasteiger partial charge in [-0.25, -0.2) is 9.78 Å². The molecular formula is C26H38N6O5. The number of aromatic nitrogens is 2. The van der Waals surface area contributed by atoms with E-state index in [2.05, 4.69) is 25.9 Å². The van der Waals surface area contributed by atoms with Crippen molar-refractivity contribution in [2.75, 3.05) is 0 Å². The van der Waals surface area contributed by atoms with E-state index in [1.165, 1.54) is 12.5 Å². The average Bonchev–Trinajstić information content (AvgIpc) is 3.37. The van der Waals surface area contributed by atoms with E-state index in [4.69, 9.17) is 5.73 Å². The number of carboxylic acid groups (broad SMARTS) is 1. The number of benzene rings is 1. The molecule has 1 aromatic heterocycles. The summed E-state index contributed by atoms with van der Waals surface area (Å²) in [6.07, 6.45) is 3.89.